The quantitative estimate of drug-likeness (QED) is 0.473. The molecule has 31 heavy (non-hydrogen) atoms. The normalized spacial score (nSPS) is 11.3. The molecular weight excluding hydrogens is 391 g/mol. The summed E-state index contributed by atoms with van der Waals surface area (Å²) in [6.07, 6.45) is 7.37. The van der Waals surface area contributed by atoms with Crippen LogP contribution in [-0.4, -0.2) is 20.5 Å². The summed E-state index contributed by atoms with van der Waals surface area (Å²) < 4.78 is 15.7. The Kier molecular flexibility index (Phi) is 5.04. The predicted octanol–water partition coefficient (Wildman–Crippen LogP) is 5.17. The van der Waals surface area contributed by atoms with Gasteiger partial charge in [-0.05, 0) is 36.4 Å². The SMILES string of the molecule is C#Cc1ccc(-c2cn3nc(-c4ccccc4F)ccc3n2)cc1NC(=O)C(C)(C)C. The maximum Gasteiger partial charge on any atom is 0.229 e. The van der Waals surface area contributed by atoms with Gasteiger partial charge in [-0.2, -0.15) is 5.10 Å². The third kappa shape index (κ3) is 4.03. The fourth-order valence-corrected chi connectivity index (χ4v) is 3.08. The minimum absolute atomic E-state index is 0.132. The number of nitrogens with one attached hydrogen (secondary N) is 1. The zero-order valence-corrected chi connectivity index (χ0v) is 17.5. The zero-order valence-electron chi connectivity index (χ0n) is 17.5. The molecule has 2 heterocycles. The number of imidazole rings is 1. The number of hydrogen-bond acceptors (Lipinski definition) is 3. The second-order valence-electron chi connectivity index (χ2n) is 8.24. The van der Waals surface area contributed by atoms with E-state index in [9.17, 15) is 9.18 Å². The molecule has 2 aromatic heterocycles. The largest absolute Gasteiger partial charge is 0.324 e. The van der Waals surface area contributed by atoms with Crippen LogP contribution in [0.1, 0.15) is 26.3 Å². The number of anilines is 1. The van der Waals surface area contributed by atoms with E-state index in [4.69, 9.17) is 6.42 Å². The molecule has 0 unspecified atom stereocenters. The highest BCUT2D eigenvalue weighted by molar-refractivity contribution is 5.96. The van der Waals surface area contributed by atoms with Gasteiger partial charge in [-0.25, -0.2) is 13.9 Å². The number of nitrogens with zero attached hydrogens (tertiary/aromatic N) is 3. The molecule has 2 aromatic carbocycles. The summed E-state index contributed by atoms with van der Waals surface area (Å²) in [6, 6.07) is 15.4. The number of carbonyl (C=O) groups excluding carboxylic acids is 1. The van der Waals surface area contributed by atoms with Gasteiger partial charge in [0.25, 0.3) is 0 Å². The van der Waals surface area contributed by atoms with E-state index >= 15 is 0 Å². The monoisotopic (exact) mass is 412 g/mol. The molecule has 0 aliphatic rings. The van der Waals surface area contributed by atoms with Crippen LogP contribution in [0.4, 0.5) is 10.1 Å². The van der Waals surface area contributed by atoms with Crippen molar-refractivity contribution in [2.45, 2.75) is 20.8 Å². The first-order chi connectivity index (χ1) is 14.8. The van der Waals surface area contributed by atoms with E-state index in [0.29, 0.717) is 33.8 Å². The molecule has 154 valence electrons. The van der Waals surface area contributed by atoms with Gasteiger partial charge in [0.1, 0.15) is 5.82 Å². The van der Waals surface area contributed by atoms with Crippen molar-refractivity contribution in [3.05, 3.63) is 72.2 Å². The van der Waals surface area contributed by atoms with Crippen molar-refractivity contribution in [3.8, 4) is 34.9 Å². The molecule has 6 heteroatoms. The Balaban J connectivity index is 1.73. The lowest BCUT2D eigenvalue weighted by atomic mass is 9.95. The molecule has 0 radical (unpaired) electrons. The Morgan fingerprint density at radius 2 is 1.87 bits per heavy atom. The van der Waals surface area contributed by atoms with Crippen molar-refractivity contribution in [2.24, 2.45) is 5.41 Å². The fourth-order valence-electron chi connectivity index (χ4n) is 3.08. The Hall–Kier alpha value is -3.98. The summed E-state index contributed by atoms with van der Waals surface area (Å²) in [5.74, 6) is 2.13. The molecule has 0 spiro atoms. The summed E-state index contributed by atoms with van der Waals surface area (Å²) >= 11 is 0. The Morgan fingerprint density at radius 3 is 2.58 bits per heavy atom. The minimum atomic E-state index is -0.558. The van der Waals surface area contributed by atoms with Crippen LogP contribution >= 0.6 is 0 Å². The average molecular weight is 412 g/mol. The average Bonchev–Trinajstić information content (AvgIpc) is 3.16. The lowest BCUT2D eigenvalue weighted by Crippen LogP contribution is -2.28. The Labute approximate surface area is 180 Å². The standard InChI is InChI=1S/C25H21FN4O/c1-5-16-10-11-17(14-21(16)28-24(31)25(2,3)4)22-15-30-23(27-22)13-12-20(29-30)18-8-6-7-9-19(18)26/h1,6-15H,2-4H3,(H,28,31). The van der Waals surface area contributed by atoms with E-state index in [2.05, 4.69) is 21.3 Å². The van der Waals surface area contributed by atoms with Crippen LogP contribution < -0.4 is 5.32 Å². The lowest BCUT2D eigenvalue weighted by Gasteiger charge is -2.18. The number of benzene rings is 2. The number of carbonyl (C=O) groups is 1. The fraction of sp³-hybridized carbons (Fsp3) is 0.160. The molecule has 0 atom stereocenters. The molecule has 5 nitrogen and oxygen atoms in total. The number of rotatable bonds is 3. The highest BCUT2D eigenvalue weighted by Gasteiger charge is 2.22. The van der Waals surface area contributed by atoms with Crippen LogP contribution in [0, 0.1) is 23.6 Å². The molecule has 4 rings (SSSR count). The van der Waals surface area contributed by atoms with Gasteiger partial charge in [0.2, 0.25) is 5.91 Å². The van der Waals surface area contributed by atoms with Gasteiger partial charge in [-0.3, -0.25) is 4.79 Å². The number of fused-ring (bicyclic) bond motifs is 1. The van der Waals surface area contributed by atoms with Gasteiger partial charge in [0.15, 0.2) is 5.65 Å². The maximum absolute atomic E-state index is 14.1. The molecule has 0 saturated carbocycles. The zero-order chi connectivity index (χ0) is 22.2. The third-order valence-corrected chi connectivity index (χ3v) is 4.87. The molecule has 0 aliphatic heterocycles. The van der Waals surface area contributed by atoms with Crippen LogP contribution in [0.5, 0.6) is 0 Å². The summed E-state index contributed by atoms with van der Waals surface area (Å²) in [7, 11) is 0. The molecule has 0 bridgehead atoms. The van der Waals surface area contributed by atoms with Crippen LogP contribution in [0.3, 0.4) is 0 Å². The number of halogens is 1. The van der Waals surface area contributed by atoms with Crippen molar-refractivity contribution in [3.63, 3.8) is 0 Å². The second kappa shape index (κ2) is 7.69. The summed E-state index contributed by atoms with van der Waals surface area (Å²) in [5, 5.41) is 7.41. The van der Waals surface area contributed by atoms with Crippen LogP contribution in [-0.2, 0) is 4.79 Å². The number of aromatic nitrogens is 3. The molecule has 0 saturated heterocycles. The van der Waals surface area contributed by atoms with E-state index in [1.165, 1.54) is 6.07 Å². The summed E-state index contributed by atoms with van der Waals surface area (Å²) in [5.41, 5.74) is 3.58. The third-order valence-electron chi connectivity index (χ3n) is 4.87. The summed E-state index contributed by atoms with van der Waals surface area (Å²) in [4.78, 5) is 17.1. The van der Waals surface area contributed by atoms with Gasteiger partial charge >= 0.3 is 0 Å². The van der Waals surface area contributed by atoms with Crippen molar-refractivity contribution < 1.29 is 9.18 Å². The Bertz CT molecular complexity index is 1340. The van der Waals surface area contributed by atoms with Gasteiger partial charge in [0, 0.05) is 22.1 Å². The number of terminal acetylenes is 1. The molecule has 0 fully saturated rings. The van der Waals surface area contributed by atoms with Crippen molar-refractivity contribution in [1.82, 2.24) is 14.6 Å². The molecule has 1 amide bonds. The van der Waals surface area contributed by atoms with Gasteiger partial charge in [0.05, 0.1) is 23.3 Å². The van der Waals surface area contributed by atoms with Crippen molar-refractivity contribution in [2.75, 3.05) is 5.32 Å². The first kappa shape index (κ1) is 20.3. The molecular formula is C25H21FN4O. The first-order valence-corrected chi connectivity index (χ1v) is 9.80. The Morgan fingerprint density at radius 1 is 1.10 bits per heavy atom. The number of hydrogen-bond donors (Lipinski definition) is 1. The van der Waals surface area contributed by atoms with E-state index in [0.717, 1.165) is 5.56 Å². The van der Waals surface area contributed by atoms with Gasteiger partial charge < -0.3 is 5.32 Å². The van der Waals surface area contributed by atoms with E-state index < -0.39 is 5.41 Å². The molecule has 4 aromatic rings. The van der Waals surface area contributed by atoms with Gasteiger partial charge in [-0.1, -0.05) is 44.9 Å². The van der Waals surface area contributed by atoms with Crippen molar-refractivity contribution >= 4 is 17.2 Å². The van der Waals surface area contributed by atoms with Gasteiger partial charge in [-0.15, -0.1) is 6.42 Å². The van der Waals surface area contributed by atoms with E-state index in [1.807, 2.05) is 26.8 Å². The smallest absolute Gasteiger partial charge is 0.229 e. The minimum Gasteiger partial charge on any atom is -0.324 e. The van der Waals surface area contributed by atoms with Crippen LogP contribution in [0.25, 0.3) is 28.2 Å². The topological polar surface area (TPSA) is 59.3 Å². The van der Waals surface area contributed by atoms with Crippen LogP contribution in [0.2, 0.25) is 0 Å². The molecule has 1 N–H and O–H groups in total. The predicted molar refractivity (Wildman–Crippen MR) is 120 cm³/mol. The van der Waals surface area contributed by atoms with E-state index in [1.54, 1.807) is 53.2 Å². The lowest BCUT2D eigenvalue weighted by molar-refractivity contribution is -0.123. The summed E-state index contributed by atoms with van der Waals surface area (Å²) in [6.45, 7) is 5.51. The molecule has 0 aliphatic carbocycles. The highest BCUT2D eigenvalue weighted by Crippen LogP contribution is 2.28. The highest BCUT2D eigenvalue weighted by atomic mass is 19.1. The number of amides is 1. The van der Waals surface area contributed by atoms with Crippen molar-refractivity contribution in [1.29, 1.82) is 0 Å². The first-order valence-electron chi connectivity index (χ1n) is 9.80. The van der Waals surface area contributed by atoms with E-state index in [-0.39, 0.29) is 11.7 Å². The second-order valence-corrected chi connectivity index (χ2v) is 8.24. The maximum atomic E-state index is 14.1. The van der Waals surface area contributed by atoms with Crippen LogP contribution in [0.15, 0.2) is 60.8 Å².